The Labute approximate surface area is 124 Å². The largest absolute Gasteiger partial charge is 0.472 e. The first kappa shape index (κ1) is 14.0. The maximum atomic E-state index is 11.5. The van der Waals surface area contributed by atoms with Gasteiger partial charge in [0.05, 0.1) is 19.0 Å². The summed E-state index contributed by atoms with van der Waals surface area (Å²) in [6, 6.07) is -0.393. The number of phosphoric ester groups is 1. The van der Waals surface area contributed by atoms with Crippen LogP contribution in [0, 0.1) is 5.92 Å². The van der Waals surface area contributed by atoms with E-state index in [1.54, 1.807) is 4.57 Å². The number of nitrogen functional groups attached to an aromatic ring is 1. The molecule has 1 saturated carbocycles. The zero-order valence-electron chi connectivity index (χ0n) is 11.3. The molecule has 10 nitrogen and oxygen atoms in total. The molecule has 0 aromatic carbocycles. The van der Waals surface area contributed by atoms with E-state index in [0.29, 0.717) is 17.6 Å². The van der Waals surface area contributed by atoms with Crippen LogP contribution in [0.4, 0.5) is 5.82 Å². The van der Waals surface area contributed by atoms with Crippen LogP contribution in [0.25, 0.3) is 11.2 Å². The third-order valence-electron chi connectivity index (χ3n) is 4.19. The van der Waals surface area contributed by atoms with Gasteiger partial charge < -0.3 is 20.3 Å². The molecule has 2 fully saturated rings. The van der Waals surface area contributed by atoms with E-state index in [9.17, 15) is 14.6 Å². The summed E-state index contributed by atoms with van der Waals surface area (Å²) in [6.45, 7) is 0.0652. The predicted octanol–water partition coefficient (Wildman–Crippen LogP) is -0.154. The van der Waals surface area contributed by atoms with Crippen LogP contribution in [-0.4, -0.2) is 48.3 Å². The zero-order valence-corrected chi connectivity index (χ0v) is 12.2. The Morgan fingerprint density at radius 2 is 2.23 bits per heavy atom. The lowest BCUT2D eigenvalue weighted by Crippen LogP contribution is -2.35. The Morgan fingerprint density at radius 1 is 1.41 bits per heavy atom. The summed E-state index contributed by atoms with van der Waals surface area (Å²) >= 11 is 0. The van der Waals surface area contributed by atoms with Gasteiger partial charge in [-0.15, -0.1) is 0 Å². The summed E-state index contributed by atoms with van der Waals surface area (Å²) in [5.74, 6) is 0.0824. The number of phosphoric acid groups is 1. The number of hydrogen-bond acceptors (Lipinski definition) is 8. The van der Waals surface area contributed by atoms with Crippen LogP contribution in [0.5, 0.6) is 0 Å². The van der Waals surface area contributed by atoms with E-state index in [2.05, 4.69) is 15.0 Å². The SMILES string of the molecule is Nc1ncnc2c1ncn2[C@@H]1C[C@@H]2COP(=O)(O)O[C@H]2[C@H]1O. The van der Waals surface area contributed by atoms with Gasteiger partial charge in [-0.25, -0.2) is 19.5 Å². The molecule has 3 heterocycles. The number of hydrogen-bond donors (Lipinski definition) is 3. The Kier molecular flexibility index (Phi) is 3.00. The molecular weight excluding hydrogens is 313 g/mol. The third-order valence-corrected chi connectivity index (χ3v) is 5.18. The van der Waals surface area contributed by atoms with Crippen molar-refractivity contribution in [2.45, 2.75) is 24.7 Å². The number of aliphatic hydroxyl groups excluding tert-OH is 1. The summed E-state index contributed by atoms with van der Waals surface area (Å²) < 4.78 is 23.0. The molecule has 1 saturated heterocycles. The molecule has 0 amide bonds. The molecule has 5 atom stereocenters. The number of rotatable bonds is 1. The molecule has 1 aliphatic carbocycles. The number of nitrogens with two attached hydrogens (primary N) is 1. The first-order valence-corrected chi connectivity index (χ1v) is 8.22. The Morgan fingerprint density at radius 3 is 3.05 bits per heavy atom. The van der Waals surface area contributed by atoms with Gasteiger partial charge >= 0.3 is 7.82 Å². The van der Waals surface area contributed by atoms with Gasteiger partial charge in [-0.1, -0.05) is 0 Å². The van der Waals surface area contributed by atoms with Gasteiger partial charge in [-0.2, -0.15) is 0 Å². The van der Waals surface area contributed by atoms with Crippen LogP contribution in [0.15, 0.2) is 12.7 Å². The topological polar surface area (TPSA) is 146 Å². The van der Waals surface area contributed by atoms with Crippen molar-refractivity contribution >= 4 is 24.8 Å². The number of fused-ring (bicyclic) bond motifs is 2. The van der Waals surface area contributed by atoms with E-state index in [1.807, 2.05) is 0 Å². The average molecular weight is 327 g/mol. The van der Waals surface area contributed by atoms with Gasteiger partial charge in [0.1, 0.15) is 24.1 Å². The molecule has 1 unspecified atom stereocenters. The molecule has 2 aliphatic rings. The number of anilines is 1. The standard InChI is InChI=1S/C11H14N5O5P/c12-10-7-11(14-3-13-10)16(4-15-7)6-1-5-2-20-22(18,19)21-9(5)8(6)17/h3-6,8-9,17H,1-2H2,(H,18,19)(H2,12,13,14)/t5-,6-,8+,9-/m1/s1. The molecule has 11 heteroatoms. The molecule has 0 radical (unpaired) electrons. The van der Waals surface area contributed by atoms with Crippen molar-refractivity contribution in [2.24, 2.45) is 5.92 Å². The second-order valence-corrected chi connectivity index (χ2v) is 6.88. The smallest absolute Gasteiger partial charge is 0.388 e. The van der Waals surface area contributed by atoms with Crippen LogP contribution in [-0.2, 0) is 13.6 Å². The molecule has 4 rings (SSSR count). The summed E-state index contributed by atoms with van der Waals surface area (Å²) in [5, 5.41) is 10.5. The van der Waals surface area contributed by atoms with Crippen molar-refractivity contribution in [3.8, 4) is 0 Å². The fourth-order valence-corrected chi connectivity index (χ4v) is 4.20. The van der Waals surface area contributed by atoms with Crippen molar-refractivity contribution in [1.82, 2.24) is 19.5 Å². The molecular formula is C11H14N5O5P. The number of aliphatic hydroxyl groups is 1. The van der Waals surface area contributed by atoms with Crippen molar-refractivity contribution in [2.75, 3.05) is 12.3 Å². The maximum Gasteiger partial charge on any atom is 0.472 e. The van der Waals surface area contributed by atoms with Crippen molar-refractivity contribution in [3.63, 3.8) is 0 Å². The zero-order chi connectivity index (χ0) is 15.5. The van der Waals surface area contributed by atoms with Crippen LogP contribution in [0.3, 0.4) is 0 Å². The van der Waals surface area contributed by atoms with Crippen LogP contribution in [0.1, 0.15) is 12.5 Å². The quantitative estimate of drug-likeness (QED) is 0.608. The van der Waals surface area contributed by atoms with Crippen LogP contribution < -0.4 is 5.73 Å². The minimum atomic E-state index is -4.08. The lowest BCUT2D eigenvalue weighted by molar-refractivity contribution is -0.0378. The van der Waals surface area contributed by atoms with Gasteiger partial charge in [0.25, 0.3) is 0 Å². The first-order valence-electron chi connectivity index (χ1n) is 6.73. The van der Waals surface area contributed by atoms with Gasteiger partial charge in [0, 0.05) is 5.92 Å². The van der Waals surface area contributed by atoms with Gasteiger partial charge in [-0.05, 0) is 6.42 Å². The number of aromatic nitrogens is 4. The van der Waals surface area contributed by atoms with Crippen LogP contribution in [0.2, 0.25) is 0 Å². The Bertz CT molecular complexity index is 781. The van der Waals surface area contributed by atoms with Crippen molar-refractivity contribution < 1.29 is 23.6 Å². The number of imidazole rings is 1. The Balaban J connectivity index is 1.71. The van der Waals surface area contributed by atoms with Crippen molar-refractivity contribution in [3.05, 3.63) is 12.7 Å². The minimum Gasteiger partial charge on any atom is -0.388 e. The highest BCUT2D eigenvalue weighted by Crippen LogP contribution is 2.55. The van der Waals surface area contributed by atoms with Gasteiger partial charge in [0.15, 0.2) is 11.5 Å². The first-order chi connectivity index (χ1) is 10.5. The third kappa shape index (κ3) is 2.03. The van der Waals surface area contributed by atoms with E-state index < -0.39 is 26.1 Å². The molecule has 2 aromatic rings. The molecule has 22 heavy (non-hydrogen) atoms. The van der Waals surface area contributed by atoms with E-state index >= 15 is 0 Å². The minimum absolute atomic E-state index is 0.0652. The maximum absolute atomic E-state index is 11.5. The van der Waals surface area contributed by atoms with Crippen LogP contribution >= 0.6 is 7.82 Å². The second-order valence-electron chi connectivity index (χ2n) is 5.47. The highest BCUT2D eigenvalue weighted by molar-refractivity contribution is 7.47. The molecule has 0 bridgehead atoms. The lowest BCUT2D eigenvalue weighted by atomic mass is 10.1. The average Bonchev–Trinajstić information content (AvgIpc) is 3.01. The highest BCUT2D eigenvalue weighted by atomic mass is 31.2. The van der Waals surface area contributed by atoms with Gasteiger partial charge in [0.2, 0.25) is 0 Å². The van der Waals surface area contributed by atoms with Crippen molar-refractivity contribution in [1.29, 1.82) is 0 Å². The van der Waals surface area contributed by atoms with E-state index in [1.165, 1.54) is 12.7 Å². The lowest BCUT2D eigenvalue weighted by Gasteiger charge is -2.29. The fourth-order valence-electron chi connectivity index (χ4n) is 3.16. The summed E-state index contributed by atoms with van der Waals surface area (Å²) in [7, 11) is -4.08. The molecule has 118 valence electrons. The van der Waals surface area contributed by atoms with E-state index in [0.717, 1.165) is 0 Å². The molecule has 2 aromatic heterocycles. The van der Waals surface area contributed by atoms with Gasteiger partial charge in [-0.3, -0.25) is 9.05 Å². The Hall–Kier alpha value is -1.58. The summed E-state index contributed by atoms with van der Waals surface area (Å²) in [5.41, 5.74) is 6.71. The highest BCUT2D eigenvalue weighted by Gasteiger charge is 2.51. The molecule has 4 N–H and O–H groups in total. The fraction of sp³-hybridized carbons (Fsp3) is 0.545. The molecule has 0 spiro atoms. The molecule has 1 aliphatic heterocycles. The summed E-state index contributed by atoms with van der Waals surface area (Å²) in [6.07, 6.45) is 1.64. The van der Waals surface area contributed by atoms with E-state index in [4.69, 9.17) is 14.8 Å². The normalized spacial score (nSPS) is 38.3. The number of nitrogens with zero attached hydrogens (tertiary/aromatic N) is 4. The van der Waals surface area contributed by atoms with E-state index in [-0.39, 0.29) is 18.3 Å². The predicted molar refractivity (Wildman–Crippen MR) is 73.5 cm³/mol. The second kappa shape index (κ2) is 4.71. The summed E-state index contributed by atoms with van der Waals surface area (Å²) in [4.78, 5) is 21.6. The monoisotopic (exact) mass is 327 g/mol.